The second-order valence-electron chi connectivity index (χ2n) is 10.4. The van der Waals surface area contributed by atoms with E-state index in [1.165, 1.54) is 66.6 Å². The molecule has 0 fully saturated rings. The zero-order valence-corrected chi connectivity index (χ0v) is 21.6. The fourth-order valence-corrected chi connectivity index (χ4v) is 6.24. The second-order valence-corrected chi connectivity index (χ2v) is 10.4. The van der Waals surface area contributed by atoms with Gasteiger partial charge in [0.05, 0.1) is 16.6 Å². The number of benzene rings is 5. The molecule has 3 heterocycles. The lowest BCUT2D eigenvalue weighted by Gasteiger charge is -2.17. The molecule has 8 rings (SSSR count). The van der Waals surface area contributed by atoms with Crippen LogP contribution in [0.2, 0.25) is 0 Å². The minimum atomic E-state index is 1.03. The quantitative estimate of drug-likeness (QED) is 0.215. The first kappa shape index (κ1) is 22.1. The van der Waals surface area contributed by atoms with Gasteiger partial charge in [-0.3, -0.25) is 0 Å². The van der Waals surface area contributed by atoms with E-state index >= 15 is 0 Å². The van der Waals surface area contributed by atoms with Crippen LogP contribution < -0.4 is 4.57 Å². The van der Waals surface area contributed by atoms with E-state index in [2.05, 4.69) is 149 Å². The topological polar surface area (TPSA) is 8.81 Å². The van der Waals surface area contributed by atoms with Crippen LogP contribution in [0.3, 0.4) is 0 Å². The normalized spacial score (nSPS) is 12.4. The van der Waals surface area contributed by atoms with Gasteiger partial charge in [0, 0.05) is 35.0 Å². The van der Waals surface area contributed by atoms with Crippen LogP contribution in [0.1, 0.15) is 5.56 Å². The molecule has 0 bridgehead atoms. The minimum Gasteiger partial charge on any atom is -0.309 e. The maximum absolute atomic E-state index is 2.44. The largest absolute Gasteiger partial charge is 0.309 e. The molecule has 5 aromatic carbocycles. The van der Waals surface area contributed by atoms with Gasteiger partial charge in [0.1, 0.15) is 0 Å². The van der Waals surface area contributed by atoms with Crippen LogP contribution >= 0.6 is 0 Å². The summed E-state index contributed by atoms with van der Waals surface area (Å²) in [6.45, 7) is 1.03. The highest BCUT2D eigenvalue weighted by molar-refractivity contribution is 6.11. The molecule has 0 unspecified atom stereocenters. The molecule has 0 saturated carbocycles. The van der Waals surface area contributed by atoms with Crippen LogP contribution in [0.4, 0.5) is 0 Å². The molecule has 1 aliphatic rings. The summed E-state index contributed by atoms with van der Waals surface area (Å²) in [4.78, 5) is 0. The van der Waals surface area contributed by atoms with Crippen molar-refractivity contribution in [1.29, 1.82) is 0 Å². The van der Waals surface area contributed by atoms with Gasteiger partial charge in [0.15, 0.2) is 12.7 Å². The molecule has 0 atom stereocenters. The van der Waals surface area contributed by atoms with E-state index in [1.54, 1.807) is 0 Å². The summed E-state index contributed by atoms with van der Waals surface area (Å²) in [6.07, 6.45) is 3.26. The highest BCUT2D eigenvalue weighted by Crippen LogP contribution is 2.38. The third kappa shape index (κ3) is 3.60. The van der Waals surface area contributed by atoms with Crippen LogP contribution in [-0.2, 0) is 13.0 Å². The number of nitrogens with zero attached hydrogens (tertiary/aromatic N) is 2. The molecule has 7 aromatic rings. The molecule has 0 amide bonds. The number of aromatic nitrogens is 2. The van der Waals surface area contributed by atoms with E-state index in [9.17, 15) is 0 Å². The van der Waals surface area contributed by atoms with Crippen molar-refractivity contribution in [3.05, 3.63) is 145 Å². The Morgan fingerprint density at radius 3 is 1.77 bits per heavy atom. The van der Waals surface area contributed by atoms with Crippen molar-refractivity contribution in [2.24, 2.45) is 0 Å². The zero-order chi connectivity index (χ0) is 25.8. The van der Waals surface area contributed by atoms with Crippen molar-refractivity contribution in [3.8, 4) is 39.2 Å². The monoisotopic (exact) mass is 499 g/mol. The summed E-state index contributed by atoms with van der Waals surface area (Å²) in [7, 11) is 0. The Balaban J connectivity index is 1.40. The van der Waals surface area contributed by atoms with Crippen LogP contribution in [0, 0.1) is 0 Å². The average molecular weight is 500 g/mol. The molecule has 0 radical (unpaired) electrons. The number of hydrogen-bond acceptors (Lipinski definition) is 0. The Hall–Kier alpha value is -4.95. The molecular formula is C37H27N2+. The Morgan fingerprint density at radius 2 is 1.13 bits per heavy atom. The van der Waals surface area contributed by atoms with E-state index in [-0.39, 0.29) is 0 Å². The lowest BCUT2D eigenvalue weighted by molar-refractivity contribution is -0.687. The van der Waals surface area contributed by atoms with E-state index in [0.29, 0.717) is 0 Å². The molecule has 2 heteroatoms. The first-order valence-electron chi connectivity index (χ1n) is 13.6. The van der Waals surface area contributed by atoms with Crippen molar-refractivity contribution in [1.82, 2.24) is 4.57 Å². The minimum absolute atomic E-state index is 1.03. The van der Waals surface area contributed by atoms with Crippen molar-refractivity contribution in [3.63, 3.8) is 0 Å². The first-order valence-corrected chi connectivity index (χ1v) is 13.6. The fraction of sp³-hybridized carbons (Fsp3) is 0.0541. The number of rotatable bonds is 3. The standard InChI is InChI=1S/C37H27N2/c1-3-9-26(10-4-1)29-15-18-36-33(23-29)34-24-30(27-11-5-2-6-12-27)16-19-37(34)39(36)31-17-14-28-20-22-38-21-8-7-13-35(38)32(28)25-31/h1-19,21,23-25H,20,22H2/q+1. The van der Waals surface area contributed by atoms with Crippen LogP contribution in [-0.4, -0.2) is 4.57 Å². The molecule has 0 saturated heterocycles. The highest BCUT2D eigenvalue weighted by Gasteiger charge is 2.23. The predicted molar refractivity (Wildman–Crippen MR) is 161 cm³/mol. The van der Waals surface area contributed by atoms with Gasteiger partial charge in [-0.1, -0.05) is 78.9 Å². The molecule has 2 aromatic heterocycles. The number of fused-ring (bicyclic) bond motifs is 6. The second kappa shape index (κ2) is 8.82. The Morgan fingerprint density at radius 1 is 0.513 bits per heavy atom. The summed E-state index contributed by atoms with van der Waals surface area (Å²) in [5.74, 6) is 0. The fourth-order valence-electron chi connectivity index (χ4n) is 6.24. The van der Waals surface area contributed by atoms with E-state index in [1.807, 2.05) is 0 Å². The van der Waals surface area contributed by atoms with Gasteiger partial charge in [-0.2, -0.15) is 4.57 Å². The van der Waals surface area contributed by atoms with Gasteiger partial charge < -0.3 is 4.57 Å². The lowest BCUT2D eigenvalue weighted by Crippen LogP contribution is -2.39. The third-order valence-electron chi connectivity index (χ3n) is 8.17. The summed E-state index contributed by atoms with van der Waals surface area (Å²) < 4.78 is 4.81. The smallest absolute Gasteiger partial charge is 0.212 e. The Bertz CT molecular complexity index is 1900. The molecular weight excluding hydrogens is 472 g/mol. The molecule has 0 aliphatic carbocycles. The van der Waals surface area contributed by atoms with Gasteiger partial charge in [-0.05, 0) is 70.3 Å². The summed E-state index contributed by atoms with van der Waals surface area (Å²) >= 11 is 0. The lowest BCUT2D eigenvalue weighted by atomic mass is 9.96. The number of hydrogen-bond donors (Lipinski definition) is 0. The Labute approximate surface area is 228 Å². The SMILES string of the molecule is c1ccc(-c2ccc3c(c2)c2cc(-c4ccccc4)ccc2n3-c2ccc3c(c2)-c2cccc[n+]2CC3)cc1. The predicted octanol–water partition coefficient (Wildman–Crippen LogP) is 8.63. The van der Waals surface area contributed by atoms with Crippen molar-refractivity contribution >= 4 is 21.8 Å². The number of pyridine rings is 1. The molecule has 39 heavy (non-hydrogen) atoms. The summed E-state index contributed by atoms with van der Waals surface area (Å²) in [5, 5.41) is 2.55. The van der Waals surface area contributed by atoms with Gasteiger partial charge in [-0.15, -0.1) is 0 Å². The first-order chi connectivity index (χ1) is 19.3. The molecule has 0 spiro atoms. The van der Waals surface area contributed by atoms with Gasteiger partial charge >= 0.3 is 0 Å². The van der Waals surface area contributed by atoms with Gasteiger partial charge in [0.2, 0.25) is 5.69 Å². The molecule has 2 nitrogen and oxygen atoms in total. The van der Waals surface area contributed by atoms with Crippen molar-refractivity contribution in [2.75, 3.05) is 0 Å². The zero-order valence-electron chi connectivity index (χ0n) is 21.6. The summed E-state index contributed by atoms with van der Waals surface area (Å²) in [5.41, 5.74) is 12.7. The van der Waals surface area contributed by atoms with Crippen LogP contribution in [0.5, 0.6) is 0 Å². The van der Waals surface area contributed by atoms with Gasteiger partial charge in [-0.25, -0.2) is 0 Å². The van der Waals surface area contributed by atoms with Crippen LogP contribution in [0.15, 0.2) is 140 Å². The van der Waals surface area contributed by atoms with E-state index in [4.69, 9.17) is 0 Å². The van der Waals surface area contributed by atoms with E-state index in [0.717, 1.165) is 13.0 Å². The maximum atomic E-state index is 2.44. The van der Waals surface area contributed by atoms with Crippen molar-refractivity contribution in [2.45, 2.75) is 13.0 Å². The molecule has 1 aliphatic heterocycles. The summed E-state index contributed by atoms with van der Waals surface area (Å²) in [6, 6.07) is 48.7. The average Bonchev–Trinajstić information content (AvgIpc) is 3.34. The highest BCUT2D eigenvalue weighted by atomic mass is 15.0. The third-order valence-corrected chi connectivity index (χ3v) is 8.17. The number of aryl methyl sites for hydroxylation is 2. The molecule has 0 N–H and O–H groups in total. The Kier molecular flexibility index (Phi) is 4.99. The van der Waals surface area contributed by atoms with Gasteiger partial charge in [0.25, 0.3) is 0 Å². The maximum Gasteiger partial charge on any atom is 0.212 e. The van der Waals surface area contributed by atoms with Crippen molar-refractivity contribution < 1.29 is 4.57 Å². The molecule has 184 valence electrons. The van der Waals surface area contributed by atoms with Crippen LogP contribution in [0.25, 0.3) is 61.0 Å². The van der Waals surface area contributed by atoms with E-state index < -0.39 is 0 Å².